The lowest BCUT2D eigenvalue weighted by Gasteiger charge is -2.29. The second-order valence-corrected chi connectivity index (χ2v) is 9.20. The molecule has 1 aliphatic rings. The molecule has 0 spiro atoms. The van der Waals surface area contributed by atoms with E-state index in [4.69, 9.17) is 4.74 Å². The van der Waals surface area contributed by atoms with Gasteiger partial charge in [0.2, 0.25) is 0 Å². The molecule has 0 aliphatic carbocycles. The third-order valence-electron chi connectivity index (χ3n) is 6.89. The van der Waals surface area contributed by atoms with Crippen molar-refractivity contribution in [2.75, 3.05) is 13.2 Å². The van der Waals surface area contributed by atoms with Crippen molar-refractivity contribution in [3.8, 4) is 11.1 Å². The van der Waals surface area contributed by atoms with E-state index in [1.54, 1.807) is 17.1 Å². The van der Waals surface area contributed by atoms with Gasteiger partial charge in [0.05, 0.1) is 42.2 Å². The maximum Gasteiger partial charge on any atom is 0.261 e. The first-order valence-electron chi connectivity index (χ1n) is 12.0. The summed E-state index contributed by atoms with van der Waals surface area (Å²) in [4.78, 5) is 22.2. The van der Waals surface area contributed by atoms with Crippen LogP contribution in [-0.2, 0) is 11.2 Å². The maximum absolute atomic E-state index is 13.7. The molecule has 2 atom stereocenters. The number of nitrogens with zero attached hydrogens (tertiary/aromatic N) is 3. The molecule has 3 heterocycles. The Bertz CT molecular complexity index is 1650. The highest BCUT2D eigenvalue weighted by Crippen LogP contribution is 2.30. The minimum absolute atomic E-state index is 0.169. The van der Waals surface area contributed by atoms with Crippen molar-refractivity contribution in [1.29, 1.82) is 0 Å². The van der Waals surface area contributed by atoms with Gasteiger partial charge in [0.15, 0.2) is 0 Å². The summed E-state index contributed by atoms with van der Waals surface area (Å²) >= 11 is 0. The fraction of sp³-hybridized carbons (Fsp3) is 0.207. The Kier molecular flexibility index (Phi) is 5.79. The molecule has 7 heteroatoms. The largest absolute Gasteiger partial charge is 0.389 e. The summed E-state index contributed by atoms with van der Waals surface area (Å²) in [5, 5.41) is 12.9. The summed E-state index contributed by atoms with van der Waals surface area (Å²) < 4.78 is 20.6. The molecule has 0 radical (unpaired) electrons. The molecule has 6 rings (SSSR count). The molecule has 6 nitrogen and oxygen atoms in total. The minimum atomic E-state index is -0.754. The molecule has 5 aromatic rings. The first-order valence-corrected chi connectivity index (χ1v) is 12.0. The number of hydrogen-bond donors (Lipinski definition) is 1. The summed E-state index contributed by atoms with van der Waals surface area (Å²) in [7, 11) is 0. The molecule has 2 aromatic heterocycles. The zero-order valence-corrected chi connectivity index (χ0v) is 19.5. The standard InChI is InChI=1S/C29H24FN3O3/c30-22-12-21(14-31-15-22)19-5-3-4-18(10-19)11-20-13-25-28(24-7-2-1-6-23(20)24)32-17-33(29(25)35)26-8-9-36-16-27(26)34/h1-7,10,12-15,17,26-27,34H,8-9,11,16H2/t26-,27-/m0/s1. The molecule has 0 bridgehead atoms. The van der Waals surface area contributed by atoms with Crippen LogP contribution in [0.5, 0.6) is 0 Å². The summed E-state index contributed by atoms with van der Waals surface area (Å²) in [6.07, 6.45) is 4.77. The van der Waals surface area contributed by atoms with Gasteiger partial charge in [-0.25, -0.2) is 9.37 Å². The van der Waals surface area contributed by atoms with Crippen LogP contribution in [0.1, 0.15) is 23.6 Å². The van der Waals surface area contributed by atoms with Crippen molar-refractivity contribution in [2.24, 2.45) is 0 Å². The highest BCUT2D eigenvalue weighted by molar-refractivity contribution is 6.06. The van der Waals surface area contributed by atoms with Crippen LogP contribution in [0.3, 0.4) is 0 Å². The monoisotopic (exact) mass is 481 g/mol. The van der Waals surface area contributed by atoms with Gasteiger partial charge in [0, 0.05) is 23.8 Å². The second kappa shape index (κ2) is 9.26. The van der Waals surface area contributed by atoms with Crippen LogP contribution in [0.4, 0.5) is 4.39 Å². The van der Waals surface area contributed by atoms with Gasteiger partial charge in [-0.3, -0.25) is 14.3 Å². The van der Waals surface area contributed by atoms with Crippen LogP contribution >= 0.6 is 0 Å². The first-order chi connectivity index (χ1) is 17.6. The van der Waals surface area contributed by atoms with Gasteiger partial charge in [-0.1, -0.05) is 48.5 Å². The molecular formula is C29H24FN3O3. The van der Waals surface area contributed by atoms with Crippen molar-refractivity contribution in [3.63, 3.8) is 0 Å². The van der Waals surface area contributed by atoms with Gasteiger partial charge < -0.3 is 9.84 Å². The van der Waals surface area contributed by atoms with Crippen molar-refractivity contribution in [1.82, 2.24) is 14.5 Å². The number of hydrogen-bond acceptors (Lipinski definition) is 5. The van der Waals surface area contributed by atoms with Crippen LogP contribution < -0.4 is 5.56 Å². The Morgan fingerprint density at radius 3 is 2.69 bits per heavy atom. The average molecular weight is 482 g/mol. The van der Waals surface area contributed by atoms with E-state index >= 15 is 0 Å². The van der Waals surface area contributed by atoms with Gasteiger partial charge in [0.1, 0.15) is 5.82 Å². The molecule has 0 unspecified atom stereocenters. The molecule has 0 saturated carbocycles. The van der Waals surface area contributed by atoms with Gasteiger partial charge in [-0.2, -0.15) is 0 Å². The summed E-state index contributed by atoms with van der Waals surface area (Å²) in [5.74, 6) is -0.378. The predicted molar refractivity (Wildman–Crippen MR) is 136 cm³/mol. The van der Waals surface area contributed by atoms with E-state index in [1.807, 2.05) is 54.6 Å². The SMILES string of the molecule is O=c1c2cc(Cc3cccc(-c4cncc(F)c4)c3)c3ccccc3c2ncn1[C@H]1CCOC[C@@H]1O. The maximum atomic E-state index is 13.7. The zero-order chi connectivity index (χ0) is 24.6. The second-order valence-electron chi connectivity index (χ2n) is 9.20. The Hall–Kier alpha value is -3.94. The van der Waals surface area contributed by atoms with Crippen molar-refractivity contribution >= 4 is 21.7 Å². The van der Waals surface area contributed by atoms with Crippen molar-refractivity contribution < 1.29 is 14.2 Å². The van der Waals surface area contributed by atoms with E-state index in [-0.39, 0.29) is 24.0 Å². The predicted octanol–water partition coefficient (Wildman–Crippen LogP) is 4.66. The number of fused-ring (bicyclic) bond motifs is 3. The first kappa shape index (κ1) is 22.5. The van der Waals surface area contributed by atoms with Gasteiger partial charge in [-0.15, -0.1) is 0 Å². The molecular weight excluding hydrogens is 457 g/mol. The Balaban J connectivity index is 1.47. The third kappa shape index (κ3) is 4.06. The highest BCUT2D eigenvalue weighted by atomic mass is 19.1. The van der Waals surface area contributed by atoms with Crippen LogP contribution in [0.15, 0.2) is 84.2 Å². The lowest BCUT2D eigenvalue weighted by atomic mass is 9.94. The molecule has 3 aromatic carbocycles. The summed E-state index contributed by atoms with van der Waals surface area (Å²) in [6.45, 7) is 0.696. The molecule has 36 heavy (non-hydrogen) atoms. The molecule has 1 saturated heterocycles. The van der Waals surface area contributed by atoms with Crippen molar-refractivity contribution in [2.45, 2.75) is 25.0 Å². The van der Waals surface area contributed by atoms with E-state index in [0.29, 0.717) is 35.9 Å². The van der Waals surface area contributed by atoms with E-state index < -0.39 is 6.10 Å². The van der Waals surface area contributed by atoms with Gasteiger partial charge >= 0.3 is 0 Å². The van der Waals surface area contributed by atoms with Crippen LogP contribution in [0.2, 0.25) is 0 Å². The topological polar surface area (TPSA) is 77.2 Å². The van der Waals surface area contributed by atoms with E-state index in [2.05, 4.69) is 9.97 Å². The molecule has 1 N–H and O–H groups in total. The fourth-order valence-corrected chi connectivity index (χ4v) is 5.12. The quantitative estimate of drug-likeness (QED) is 0.378. The molecule has 0 amide bonds. The lowest BCUT2D eigenvalue weighted by molar-refractivity contribution is -0.0395. The number of rotatable bonds is 4. The third-order valence-corrected chi connectivity index (χ3v) is 6.89. The van der Waals surface area contributed by atoms with E-state index in [0.717, 1.165) is 27.5 Å². The Morgan fingerprint density at radius 2 is 1.86 bits per heavy atom. The van der Waals surface area contributed by atoms with E-state index in [9.17, 15) is 14.3 Å². The highest BCUT2D eigenvalue weighted by Gasteiger charge is 2.27. The molecule has 1 aliphatic heterocycles. The molecule has 180 valence electrons. The Labute approximate surface area is 206 Å². The smallest absolute Gasteiger partial charge is 0.261 e. The summed E-state index contributed by atoms with van der Waals surface area (Å²) in [6, 6.07) is 18.9. The summed E-state index contributed by atoms with van der Waals surface area (Å²) in [5.41, 5.74) is 4.10. The number of aromatic nitrogens is 3. The van der Waals surface area contributed by atoms with Crippen LogP contribution in [-0.4, -0.2) is 39.0 Å². The lowest BCUT2D eigenvalue weighted by Crippen LogP contribution is -2.39. The average Bonchev–Trinajstić information content (AvgIpc) is 2.90. The minimum Gasteiger partial charge on any atom is -0.389 e. The zero-order valence-electron chi connectivity index (χ0n) is 19.5. The van der Waals surface area contributed by atoms with Crippen LogP contribution in [0, 0.1) is 5.82 Å². The number of benzene rings is 3. The van der Waals surface area contributed by atoms with Gasteiger partial charge in [0.25, 0.3) is 5.56 Å². The number of halogens is 1. The number of pyridine rings is 1. The fourth-order valence-electron chi connectivity index (χ4n) is 5.12. The van der Waals surface area contributed by atoms with E-state index in [1.165, 1.54) is 12.3 Å². The number of ether oxygens (including phenoxy) is 1. The molecule has 1 fully saturated rings. The Morgan fingerprint density at radius 1 is 1.00 bits per heavy atom. The van der Waals surface area contributed by atoms with Crippen LogP contribution in [0.25, 0.3) is 32.8 Å². The van der Waals surface area contributed by atoms with Gasteiger partial charge in [-0.05, 0) is 47.1 Å². The number of aliphatic hydroxyl groups is 1. The number of aliphatic hydroxyl groups excluding tert-OH is 1. The normalized spacial score (nSPS) is 18.1. The van der Waals surface area contributed by atoms with Crippen molar-refractivity contribution in [3.05, 3.63) is 107 Å².